The van der Waals surface area contributed by atoms with Crippen LogP contribution in [0.25, 0.3) is 0 Å². The van der Waals surface area contributed by atoms with Crippen LogP contribution < -0.4 is 15.3 Å². The van der Waals surface area contributed by atoms with Gasteiger partial charge in [-0.15, -0.1) is 4.85 Å². The van der Waals surface area contributed by atoms with Crippen molar-refractivity contribution >= 4 is 5.82 Å². The number of aliphatic hydroxyl groups is 1. The smallest absolute Gasteiger partial charge is 0.300 e. The zero-order chi connectivity index (χ0) is 9.84. The number of nitrogen functional groups attached to an aromatic ring is 1. The predicted molar refractivity (Wildman–Crippen MR) is 41.9 cm³/mol. The second kappa shape index (κ2) is 3.76. The van der Waals surface area contributed by atoms with Gasteiger partial charge in [-0.3, -0.25) is 5.73 Å². The molecular formula is C6H9N3O4. The predicted octanol–water partition coefficient (Wildman–Crippen LogP) is -1.63. The lowest BCUT2D eigenvalue weighted by Crippen LogP contribution is -2.34. The number of aliphatic hydroxyl groups excluding tert-OH is 1. The first-order valence-corrected chi connectivity index (χ1v) is 3.48. The Hall–Kier alpha value is -1.76. The van der Waals surface area contributed by atoms with Crippen molar-refractivity contribution in [2.75, 3.05) is 18.9 Å². The molecule has 1 aromatic rings. The van der Waals surface area contributed by atoms with Crippen molar-refractivity contribution in [3.63, 3.8) is 0 Å². The van der Waals surface area contributed by atoms with Gasteiger partial charge >= 0.3 is 5.82 Å². The molecule has 0 aliphatic heterocycles. The lowest BCUT2D eigenvalue weighted by atomic mass is 10.5. The van der Waals surface area contributed by atoms with Crippen molar-refractivity contribution in [1.82, 2.24) is 5.10 Å². The average Bonchev–Trinajstić information content (AvgIpc) is 2.09. The van der Waals surface area contributed by atoms with E-state index < -0.39 is 5.88 Å². The highest BCUT2D eigenvalue weighted by Crippen LogP contribution is 2.21. The van der Waals surface area contributed by atoms with E-state index in [1.54, 1.807) is 0 Å². The topological polar surface area (TPSA) is 116 Å². The molecule has 0 amide bonds. The summed E-state index contributed by atoms with van der Waals surface area (Å²) in [6, 6.07) is 1.13. The molecule has 0 atom stereocenters. The number of hydrogen-bond acceptors (Lipinski definition) is 6. The highest BCUT2D eigenvalue weighted by Gasteiger charge is 2.10. The third-order valence-corrected chi connectivity index (χ3v) is 1.25. The zero-order valence-corrected chi connectivity index (χ0v) is 6.67. The minimum atomic E-state index is -0.558. The van der Waals surface area contributed by atoms with Gasteiger partial charge in [0.1, 0.15) is 6.61 Å². The summed E-state index contributed by atoms with van der Waals surface area (Å²) < 4.78 is 4.83. The monoisotopic (exact) mass is 187 g/mol. The lowest BCUT2D eigenvalue weighted by Gasteiger charge is -2.07. The van der Waals surface area contributed by atoms with Crippen LogP contribution in [-0.2, 0) is 0 Å². The van der Waals surface area contributed by atoms with Crippen LogP contribution in [0.3, 0.4) is 0 Å². The summed E-state index contributed by atoms with van der Waals surface area (Å²) in [5, 5.41) is 31.3. The third kappa shape index (κ3) is 2.09. The van der Waals surface area contributed by atoms with Gasteiger partial charge in [0.25, 0.3) is 5.88 Å². The maximum atomic E-state index is 10.7. The van der Waals surface area contributed by atoms with Gasteiger partial charge in [0.15, 0.2) is 5.75 Å². The molecule has 0 saturated heterocycles. The Morgan fingerprint density at radius 1 is 1.69 bits per heavy atom. The van der Waals surface area contributed by atoms with Gasteiger partial charge in [0.05, 0.1) is 12.7 Å². The van der Waals surface area contributed by atoms with Gasteiger partial charge < -0.3 is 20.2 Å². The number of ether oxygens (including phenoxy) is 1. The number of anilines is 1. The largest absolute Gasteiger partial charge is 0.691 e. The summed E-state index contributed by atoms with van der Waals surface area (Å²) in [4.78, 5) is 0.0706. The highest BCUT2D eigenvalue weighted by atomic mass is 16.5. The van der Waals surface area contributed by atoms with Crippen LogP contribution in [0, 0.1) is 5.21 Å². The van der Waals surface area contributed by atoms with E-state index in [1.807, 2.05) is 0 Å². The molecule has 0 saturated carbocycles. The van der Waals surface area contributed by atoms with E-state index >= 15 is 0 Å². The van der Waals surface area contributed by atoms with E-state index in [1.165, 1.54) is 0 Å². The van der Waals surface area contributed by atoms with Crippen LogP contribution in [0.15, 0.2) is 6.07 Å². The lowest BCUT2D eigenvalue weighted by molar-refractivity contribution is -0.655. The normalized spacial score (nSPS) is 9.92. The number of aromatic hydroxyl groups is 1. The van der Waals surface area contributed by atoms with E-state index in [-0.39, 0.29) is 29.6 Å². The van der Waals surface area contributed by atoms with Crippen LogP contribution >= 0.6 is 0 Å². The standard InChI is InChI=1S/C6H9N3O4/c7-5-3-4(13-2-1-10)6(11)8-9(5)12/h3,10H,1-2,7H2,(H,8,11). The fourth-order valence-electron chi connectivity index (χ4n) is 0.709. The Balaban J connectivity index is 2.88. The quantitative estimate of drug-likeness (QED) is 0.386. The third-order valence-electron chi connectivity index (χ3n) is 1.25. The fraction of sp³-hybridized carbons (Fsp3) is 0.333. The molecule has 0 bridgehead atoms. The van der Waals surface area contributed by atoms with Gasteiger partial charge in [0.2, 0.25) is 0 Å². The van der Waals surface area contributed by atoms with Crippen LogP contribution in [0.1, 0.15) is 0 Å². The molecule has 1 rings (SSSR count). The molecular weight excluding hydrogens is 178 g/mol. The SMILES string of the molecule is Nc1cc(OCCO)c(O)n[n+]1[O-]. The van der Waals surface area contributed by atoms with Crippen molar-refractivity contribution in [1.29, 1.82) is 0 Å². The molecule has 7 nitrogen and oxygen atoms in total. The van der Waals surface area contributed by atoms with E-state index in [9.17, 15) is 5.21 Å². The summed E-state index contributed by atoms with van der Waals surface area (Å²) in [6.07, 6.45) is 0. The summed E-state index contributed by atoms with van der Waals surface area (Å²) in [6.45, 7) is -0.205. The molecule has 0 aromatic carbocycles. The number of nitrogens with zero attached hydrogens (tertiary/aromatic N) is 2. The molecule has 0 unspecified atom stereocenters. The zero-order valence-electron chi connectivity index (χ0n) is 6.67. The second-order valence-corrected chi connectivity index (χ2v) is 2.20. The Morgan fingerprint density at radius 2 is 2.38 bits per heavy atom. The van der Waals surface area contributed by atoms with Crippen LogP contribution in [0.5, 0.6) is 11.6 Å². The summed E-state index contributed by atoms with van der Waals surface area (Å²) in [5.74, 6) is -0.776. The highest BCUT2D eigenvalue weighted by molar-refractivity contribution is 5.37. The van der Waals surface area contributed by atoms with Crippen LogP contribution in [0.2, 0.25) is 0 Å². The molecule has 1 aromatic heterocycles. The average molecular weight is 187 g/mol. The summed E-state index contributed by atoms with van der Waals surface area (Å²) in [5.41, 5.74) is 5.20. The van der Waals surface area contributed by atoms with E-state index in [0.29, 0.717) is 0 Å². The van der Waals surface area contributed by atoms with Crippen LogP contribution in [0.4, 0.5) is 5.82 Å². The number of hydrogen-bond donors (Lipinski definition) is 3. The maximum absolute atomic E-state index is 10.7. The fourth-order valence-corrected chi connectivity index (χ4v) is 0.709. The Bertz CT molecular complexity index is 304. The Kier molecular flexibility index (Phi) is 2.70. The van der Waals surface area contributed by atoms with Crippen LogP contribution in [-0.4, -0.2) is 28.5 Å². The molecule has 1 heterocycles. The van der Waals surface area contributed by atoms with E-state index in [4.69, 9.17) is 20.7 Å². The Morgan fingerprint density at radius 3 is 3.00 bits per heavy atom. The first kappa shape index (κ1) is 9.33. The first-order chi connectivity index (χ1) is 6.15. The molecule has 0 fully saturated rings. The minimum absolute atomic E-state index is 0.00243. The van der Waals surface area contributed by atoms with Gasteiger partial charge in [-0.25, -0.2) is 0 Å². The Labute approximate surface area is 73.6 Å². The molecule has 7 heteroatoms. The van der Waals surface area contributed by atoms with Gasteiger partial charge in [-0.05, 0) is 5.10 Å². The molecule has 0 spiro atoms. The molecule has 4 N–H and O–H groups in total. The van der Waals surface area contributed by atoms with E-state index in [2.05, 4.69) is 5.10 Å². The van der Waals surface area contributed by atoms with E-state index in [0.717, 1.165) is 6.07 Å². The van der Waals surface area contributed by atoms with Gasteiger partial charge in [0, 0.05) is 0 Å². The molecule has 0 aliphatic carbocycles. The van der Waals surface area contributed by atoms with Crippen molar-refractivity contribution in [2.24, 2.45) is 0 Å². The summed E-state index contributed by atoms with van der Waals surface area (Å²) >= 11 is 0. The number of rotatable bonds is 3. The van der Waals surface area contributed by atoms with Crippen molar-refractivity contribution in [2.45, 2.75) is 0 Å². The maximum Gasteiger partial charge on any atom is 0.300 e. The van der Waals surface area contributed by atoms with Crippen molar-refractivity contribution in [3.05, 3.63) is 11.3 Å². The molecule has 0 radical (unpaired) electrons. The second-order valence-electron chi connectivity index (χ2n) is 2.20. The van der Waals surface area contributed by atoms with Crippen molar-refractivity contribution in [3.8, 4) is 11.6 Å². The number of nitrogens with two attached hydrogens (primary N) is 1. The van der Waals surface area contributed by atoms with Gasteiger partial charge in [-0.1, -0.05) is 0 Å². The molecule has 72 valence electrons. The van der Waals surface area contributed by atoms with Crippen molar-refractivity contribution < 1.29 is 19.8 Å². The van der Waals surface area contributed by atoms with Gasteiger partial charge in [-0.2, -0.15) is 0 Å². The molecule has 13 heavy (non-hydrogen) atoms. The first-order valence-electron chi connectivity index (χ1n) is 3.48. The molecule has 0 aliphatic rings. The summed E-state index contributed by atoms with van der Waals surface area (Å²) in [7, 11) is 0. The minimum Gasteiger partial charge on any atom is -0.691 e. The number of aromatic nitrogens is 2.